The molecule has 0 aliphatic heterocycles. The Morgan fingerprint density at radius 2 is 1.97 bits per heavy atom. The molecule has 0 unspecified atom stereocenters. The van der Waals surface area contributed by atoms with E-state index < -0.39 is 21.8 Å². The first-order valence-electron chi connectivity index (χ1n) is 9.78. The molecule has 1 heterocycles. The molecule has 0 aliphatic rings. The van der Waals surface area contributed by atoms with Crippen LogP contribution in [0.2, 0.25) is 5.02 Å². The zero-order chi connectivity index (χ0) is 23.6. The Labute approximate surface area is 195 Å². The van der Waals surface area contributed by atoms with E-state index in [1.165, 1.54) is 41.7 Å². The fourth-order valence-electron chi connectivity index (χ4n) is 3.19. The van der Waals surface area contributed by atoms with Gasteiger partial charge in [0.25, 0.3) is 0 Å². The van der Waals surface area contributed by atoms with Crippen molar-refractivity contribution in [1.82, 2.24) is 9.71 Å². The van der Waals surface area contributed by atoms with E-state index in [0.717, 1.165) is 10.6 Å². The van der Waals surface area contributed by atoms with Gasteiger partial charge < -0.3 is 5.11 Å². The van der Waals surface area contributed by atoms with Crippen molar-refractivity contribution in [3.8, 4) is 10.6 Å². The van der Waals surface area contributed by atoms with Crippen molar-refractivity contribution in [3.05, 3.63) is 68.9 Å². The maximum absolute atomic E-state index is 13.4. The Morgan fingerprint density at radius 3 is 2.59 bits per heavy atom. The molecule has 0 fully saturated rings. The quantitative estimate of drug-likeness (QED) is 0.443. The SMILES string of the molecule is Cc1sc(-c2ccc(F)c(Cl)c2)nc1CCNS(=O)(=O)c1ccc(C(C)C)c(C(=O)O)c1. The van der Waals surface area contributed by atoms with E-state index in [-0.39, 0.29) is 27.9 Å². The molecule has 0 atom stereocenters. The topological polar surface area (TPSA) is 96.4 Å². The number of carboxylic acid groups (broad SMARTS) is 1. The summed E-state index contributed by atoms with van der Waals surface area (Å²) in [6, 6.07) is 8.50. The number of benzene rings is 2. The first-order valence-corrected chi connectivity index (χ1v) is 12.5. The Bertz CT molecular complexity index is 1270. The van der Waals surface area contributed by atoms with Gasteiger partial charge in [0.05, 0.1) is 21.2 Å². The average molecular weight is 497 g/mol. The second kappa shape index (κ2) is 9.66. The molecular weight excluding hydrogens is 475 g/mol. The summed E-state index contributed by atoms with van der Waals surface area (Å²) in [7, 11) is -3.89. The van der Waals surface area contributed by atoms with Gasteiger partial charge in [0.2, 0.25) is 10.0 Å². The maximum Gasteiger partial charge on any atom is 0.336 e. The van der Waals surface area contributed by atoms with E-state index in [2.05, 4.69) is 9.71 Å². The number of aromatic carboxylic acids is 1. The highest BCUT2D eigenvalue weighted by atomic mass is 35.5. The number of aromatic nitrogens is 1. The van der Waals surface area contributed by atoms with Crippen LogP contribution in [0.15, 0.2) is 41.3 Å². The molecule has 0 saturated carbocycles. The molecule has 6 nitrogen and oxygen atoms in total. The Kier molecular flexibility index (Phi) is 7.34. The number of carboxylic acids is 1. The average Bonchev–Trinajstić information content (AvgIpc) is 3.10. The van der Waals surface area contributed by atoms with E-state index in [4.69, 9.17) is 11.6 Å². The number of hydrogen-bond acceptors (Lipinski definition) is 5. The lowest BCUT2D eigenvalue weighted by molar-refractivity contribution is 0.0695. The molecule has 2 aromatic carbocycles. The maximum atomic E-state index is 13.4. The third kappa shape index (κ3) is 5.35. The normalized spacial score (nSPS) is 11.8. The third-order valence-corrected chi connectivity index (χ3v) is 7.71. The molecule has 10 heteroatoms. The molecule has 2 N–H and O–H groups in total. The Morgan fingerprint density at radius 1 is 1.25 bits per heavy atom. The van der Waals surface area contributed by atoms with Crippen LogP contribution in [0.25, 0.3) is 10.6 Å². The van der Waals surface area contributed by atoms with Crippen LogP contribution >= 0.6 is 22.9 Å². The van der Waals surface area contributed by atoms with Crippen molar-refractivity contribution in [2.24, 2.45) is 0 Å². The monoisotopic (exact) mass is 496 g/mol. The largest absolute Gasteiger partial charge is 0.478 e. The van der Waals surface area contributed by atoms with Crippen LogP contribution in [0, 0.1) is 12.7 Å². The van der Waals surface area contributed by atoms with Crippen LogP contribution in [0.3, 0.4) is 0 Å². The molecule has 0 radical (unpaired) electrons. The van der Waals surface area contributed by atoms with Crippen LogP contribution in [0.1, 0.15) is 46.3 Å². The van der Waals surface area contributed by atoms with E-state index in [1.807, 2.05) is 20.8 Å². The van der Waals surface area contributed by atoms with Gasteiger partial charge in [-0.15, -0.1) is 11.3 Å². The van der Waals surface area contributed by atoms with Crippen LogP contribution in [-0.2, 0) is 16.4 Å². The fraction of sp³-hybridized carbons (Fsp3) is 0.273. The number of halogens is 2. The van der Waals surface area contributed by atoms with E-state index in [0.29, 0.717) is 22.6 Å². The van der Waals surface area contributed by atoms with Gasteiger partial charge in [0, 0.05) is 23.4 Å². The van der Waals surface area contributed by atoms with Gasteiger partial charge in [-0.25, -0.2) is 27.3 Å². The highest BCUT2D eigenvalue weighted by molar-refractivity contribution is 7.89. The molecular formula is C22H22ClFN2O4S2. The zero-order valence-corrected chi connectivity index (χ0v) is 20.0. The summed E-state index contributed by atoms with van der Waals surface area (Å²) in [6.45, 7) is 5.65. The van der Waals surface area contributed by atoms with Crippen molar-refractivity contribution in [2.75, 3.05) is 6.54 Å². The van der Waals surface area contributed by atoms with Gasteiger partial charge in [-0.05, 0) is 48.7 Å². The second-order valence-corrected chi connectivity index (χ2v) is 10.9. The van der Waals surface area contributed by atoms with Gasteiger partial charge >= 0.3 is 5.97 Å². The van der Waals surface area contributed by atoms with Gasteiger partial charge in [0.1, 0.15) is 10.8 Å². The number of nitrogens with zero attached hydrogens (tertiary/aromatic N) is 1. The molecule has 0 bridgehead atoms. The summed E-state index contributed by atoms with van der Waals surface area (Å²) in [5.74, 6) is -1.73. The first kappa shape index (κ1) is 24.3. The minimum absolute atomic E-state index is 0.00822. The number of hydrogen-bond donors (Lipinski definition) is 2. The van der Waals surface area contributed by atoms with Gasteiger partial charge in [-0.3, -0.25) is 0 Å². The Balaban J connectivity index is 1.74. The molecule has 0 spiro atoms. The number of sulfonamides is 1. The molecule has 32 heavy (non-hydrogen) atoms. The van der Waals surface area contributed by atoms with Crippen molar-refractivity contribution in [2.45, 2.75) is 38.0 Å². The lowest BCUT2D eigenvalue weighted by Gasteiger charge is -2.12. The first-order chi connectivity index (χ1) is 15.0. The van der Waals surface area contributed by atoms with Crippen molar-refractivity contribution in [3.63, 3.8) is 0 Å². The predicted octanol–water partition coefficient (Wildman–Crippen LogP) is 5.25. The number of aryl methyl sites for hydroxylation is 1. The van der Waals surface area contributed by atoms with Gasteiger partial charge in [-0.1, -0.05) is 31.5 Å². The molecule has 3 rings (SSSR count). The number of carbonyl (C=O) groups is 1. The zero-order valence-electron chi connectivity index (χ0n) is 17.6. The third-order valence-electron chi connectivity index (χ3n) is 4.90. The molecule has 1 aromatic heterocycles. The fourth-order valence-corrected chi connectivity index (χ4v) is 5.39. The standard InChI is InChI=1S/C22H22ClFN2O4S2/c1-12(2)16-6-5-15(11-17(16)22(27)28)32(29,30)25-9-8-20-13(3)31-21(26-20)14-4-7-19(24)18(23)10-14/h4-7,10-12,25H,8-9H2,1-3H3,(H,27,28). The summed E-state index contributed by atoms with van der Waals surface area (Å²) < 4.78 is 41.3. The van der Waals surface area contributed by atoms with Crippen LogP contribution in [-0.4, -0.2) is 31.0 Å². The summed E-state index contributed by atoms with van der Waals surface area (Å²) in [6.07, 6.45) is 0.340. The molecule has 0 saturated heterocycles. The Hall–Kier alpha value is -2.33. The predicted molar refractivity (Wildman–Crippen MR) is 124 cm³/mol. The highest BCUT2D eigenvalue weighted by Gasteiger charge is 2.20. The number of thiazole rings is 1. The molecule has 170 valence electrons. The van der Waals surface area contributed by atoms with E-state index in [9.17, 15) is 22.7 Å². The van der Waals surface area contributed by atoms with Crippen LogP contribution < -0.4 is 4.72 Å². The molecule has 0 amide bonds. The van der Waals surface area contributed by atoms with Crippen molar-refractivity contribution >= 4 is 38.9 Å². The van der Waals surface area contributed by atoms with Crippen molar-refractivity contribution < 1.29 is 22.7 Å². The smallest absolute Gasteiger partial charge is 0.336 e. The van der Waals surface area contributed by atoms with E-state index >= 15 is 0 Å². The minimum atomic E-state index is -3.89. The highest BCUT2D eigenvalue weighted by Crippen LogP contribution is 2.30. The summed E-state index contributed by atoms with van der Waals surface area (Å²) in [5, 5.41) is 10.1. The minimum Gasteiger partial charge on any atom is -0.478 e. The molecule has 3 aromatic rings. The van der Waals surface area contributed by atoms with Crippen LogP contribution in [0.4, 0.5) is 4.39 Å². The van der Waals surface area contributed by atoms with Crippen LogP contribution in [0.5, 0.6) is 0 Å². The van der Waals surface area contributed by atoms with Gasteiger partial charge in [-0.2, -0.15) is 0 Å². The van der Waals surface area contributed by atoms with E-state index in [1.54, 1.807) is 6.07 Å². The number of nitrogens with one attached hydrogen (secondary N) is 1. The summed E-state index contributed by atoms with van der Waals surface area (Å²) >= 11 is 7.26. The second-order valence-electron chi connectivity index (χ2n) is 7.51. The van der Waals surface area contributed by atoms with Crippen molar-refractivity contribution in [1.29, 1.82) is 0 Å². The van der Waals surface area contributed by atoms with Gasteiger partial charge in [0.15, 0.2) is 0 Å². The summed E-state index contributed by atoms with van der Waals surface area (Å²) in [4.78, 5) is 16.9. The molecule has 0 aliphatic carbocycles. The number of rotatable bonds is 8. The summed E-state index contributed by atoms with van der Waals surface area (Å²) in [5.41, 5.74) is 1.95. The lowest BCUT2D eigenvalue weighted by atomic mass is 9.97. The lowest BCUT2D eigenvalue weighted by Crippen LogP contribution is -2.26.